The minimum Gasteiger partial charge on any atom is -0.494 e. The zero-order valence-electron chi connectivity index (χ0n) is 22.0. The Morgan fingerprint density at radius 1 is 1.10 bits per heavy atom. The third kappa shape index (κ3) is 7.79. The first-order chi connectivity index (χ1) is 19.0. The molecule has 1 aliphatic heterocycles. The maximum absolute atomic E-state index is 13.6. The van der Waals surface area contributed by atoms with Crippen LogP contribution in [-0.2, 0) is 16.0 Å². The molecule has 39 heavy (non-hydrogen) atoms. The summed E-state index contributed by atoms with van der Waals surface area (Å²) in [6.07, 6.45) is 5.19. The Balaban J connectivity index is 1.48. The first-order valence-electron chi connectivity index (χ1n) is 13.1. The van der Waals surface area contributed by atoms with Gasteiger partial charge in [0, 0.05) is 36.0 Å². The van der Waals surface area contributed by atoms with E-state index < -0.39 is 11.6 Å². The van der Waals surface area contributed by atoms with Crippen LogP contribution in [0.5, 0.6) is 5.75 Å². The highest BCUT2D eigenvalue weighted by atomic mass is 79.9. The summed E-state index contributed by atoms with van der Waals surface area (Å²) in [5.74, 6) is 0.869. The van der Waals surface area contributed by atoms with Crippen LogP contribution in [0.2, 0.25) is 0 Å². The fraction of sp³-hybridized carbons (Fsp3) is 0.290. The molecule has 3 aromatic rings. The van der Waals surface area contributed by atoms with Crippen LogP contribution in [-0.4, -0.2) is 48.3 Å². The smallest absolute Gasteiger partial charge is 0.266 e. The van der Waals surface area contributed by atoms with Crippen LogP contribution in [0.4, 0.5) is 0 Å². The average Bonchev–Trinajstić information content (AvgIpc) is 3.30. The second kappa shape index (κ2) is 14.1. The summed E-state index contributed by atoms with van der Waals surface area (Å²) in [4.78, 5) is 18.5. The largest absolute Gasteiger partial charge is 0.494 e. The Bertz CT molecular complexity index is 1260. The molecule has 0 radical (unpaired) electrons. The molecule has 7 nitrogen and oxygen atoms in total. The number of nitrogens with zero attached hydrogens (tertiary/aromatic N) is 1. The molecule has 3 N–H and O–H groups in total. The third-order valence-electron chi connectivity index (χ3n) is 6.52. The van der Waals surface area contributed by atoms with E-state index in [0.29, 0.717) is 37.6 Å². The van der Waals surface area contributed by atoms with Gasteiger partial charge in [0.1, 0.15) is 11.9 Å². The van der Waals surface area contributed by atoms with Crippen molar-refractivity contribution in [2.24, 2.45) is 4.99 Å². The van der Waals surface area contributed by atoms with Crippen LogP contribution in [0, 0.1) is 0 Å². The molecule has 204 valence electrons. The molecule has 2 atom stereocenters. The van der Waals surface area contributed by atoms with Crippen LogP contribution in [0.15, 0.2) is 94.4 Å². The molecule has 0 aliphatic carbocycles. The van der Waals surface area contributed by atoms with E-state index in [4.69, 9.17) is 19.6 Å². The predicted molar refractivity (Wildman–Crippen MR) is 158 cm³/mol. The van der Waals surface area contributed by atoms with Gasteiger partial charge in [0.05, 0.1) is 6.61 Å². The maximum Gasteiger partial charge on any atom is 0.266 e. The summed E-state index contributed by atoms with van der Waals surface area (Å²) in [5, 5.41) is 8.95. The number of aliphatic hydroxyl groups excluding tert-OH is 1. The van der Waals surface area contributed by atoms with E-state index in [-0.39, 0.29) is 12.5 Å². The third-order valence-corrected chi connectivity index (χ3v) is 7.05. The van der Waals surface area contributed by atoms with Crippen molar-refractivity contribution >= 4 is 33.8 Å². The lowest BCUT2D eigenvalue weighted by atomic mass is 9.89. The molecule has 0 unspecified atom stereocenters. The van der Waals surface area contributed by atoms with E-state index in [2.05, 4.69) is 38.9 Å². The summed E-state index contributed by atoms with van der Waals surface area (Å²) >= 11 is 3.45. The molecule has 0 fully saturated rings. The Morgan fingerprint density at radius 3 is 2.56 bits per heavy atom. The highest BCUT2D eigenvalue weighted by Gasteiger charge is 2.49. The average molecular weight is 593 g/mol. The molecule has 1 amide bonds. The summed E-state index contributed by atoms with van der Waals surface area (Å²) < 4.78 is 12.8. The Hall–Kier alpha value is -3.46. The van der Waals surface area contributed by atoms with Crippen LogP contribution in [0.3, 0.4) is 0 Å². The lowest BCUT2D eigenvalue weighted by Gasteiger charge is -2.27. The minimum atomic E-state index is -1.14. The normalized spacial score (nSPS) is 18.5. The van der Waals surface area contributed by atoms with Gasteiger partial charge < -0.3 is 14.6 Å². The van der Waals surface area contributed by atoms with E-state index in [0.717, 1.165) is 22.0 Å². The van der Waals surface area contributed by atoms with Gasteiger partial charge in [0.15, 0.2) is 5.54 Å². The van der Waals surface area contributed by atoms with Gasteiger partial charge in [-0.05, 0) is 60.9 Å². The number of amides is 1. The second-order valence-corrected chi connectivity index (χ2v) is 10.2. The molecule has 0 saturated heterocycles. The predicted octanol–water partition coefficient (Wildman–Crippen LogP) is 5.08. The zero-order valence-corrected chi connectivity index (χ0v) is 23.6. The maximum atomic E-state index is 13.6. The first kappa shape index (κ1) is 28.5. The van der Waals surface area contributed by atoms with Crippen molar-refractivity contribution in [2.75, 3.05) is 19.8 Å². The summed E-state index contributed by atoms with van der Waals surface area (Å²) in [6, 6.07) is 25.5. The van der Waals surface area contributed by atoms with Gasteiger partial charge in [-0.3, -0.25) is 10.2 Å². The molecule has 3 aromatic carbocycles. The molecule has 1 aliphatic rings. The fourth-order valence-electron chi connectivity index (χ4n) is 4.23. The number of ether oxygens (including phenoxy) is 2. The molecular weight excluding hydrogens is 558 g/mol. The Morgan fingerprint density at radius 2 is 1.85 bits per heavy atom. The summed E-state index contributed by atoms with van der Waals surface area (Å²) in [7, 11) is 0. The number of aliphatic imine (C=N–C) groups is 1. The van der Waals surface area contributed by atoms with Crippen molar-refractivity contribution in [2.45, 2.75) is 37.8 Å². The number of benzene rings is 3. The van der Waals surface area contributed by atoms with Gasteiger partial charge in [0.25, 0.3) is 5.91 Å². The fourth-order valence-corrected chi connectivity index (χ4v) is 4.50. The van der Waals surface area contributed by atoms with E-state index in [1.807, 2.05) is 85.8 Å². The van der Waals surface area contributed by atoms with Crippen LogP contribution in [0.25, 0.3) is 6.08 Å². The lowest BCUT2D eigenvalue weighted by molar-refractivity contribution is -0.129. The quantitative estimate of drug-likeness (QED) is 0.190. The minimum absolute atomic E-state index is 0.0859. The van der Waals surface area contributed by atoms with E-state index >= 15 is 0 Å². The zero-order chi connectivity index (χ0) is 27.5. The summed E-state index contributed by atoms with van der Waals surface area (Å²) in [6.45, 7) is 2.98. The first-order valence-corrected chi connectivity index (χ1v) is 13.9. The van der Waals surface area contributed by atoms with Gasteiger partial charge in [0.2, 0.25) is 5.90 Å². The number of carbonyl (C=O) groups excluding carboxylic acids is 1. The van der Waals surface area contributed by atoms with E-state index in [9.17, 15) is 4.79 Å². The molecule has 0 bridgehead atoms. The van der Waals surface area contributed by atoms with Gasteiger partial charge in [-0.1, -0.05) is 70.5 Å². The van der Waals surface area contributed by atoms with Gasteiger partial charge in [-0.25, -0.2) is 10.4 Å². The topological polar surface area (TPSA) is 92.2 Å². The standard InChI is InChI=1S/C31H34BrN3O4/c1-23-31(19-5-9-24-7-3-2-4-8-24,30(37)35-33-20-18-25-10-14-27(32)15-11-25)34-29(39-23)26-12-16-28(17-13-26)38-22-6-21-36/h2-5,7-17,23,33,36H,6,18-22H2,1H3,(H,35,37)/b9-5+/t23-,31-/m0/s1. The second-order valence-electron chi connectivity index (χ2n) is 9.33. The highest BCUT2D eigenvalue weighted by molar-refractivity contribution is 9.10. The van der Waals surface area contributed by atoms with Gasteiger partial charge in [-0.2, -0.15) is 0 Å². The Kier molecular flexibility index (Phi) is 10.3. The van der Waals surface area contributed by atoms with E-state index in [1.54, 1.807) is 0 Å². The van der Waals surface area contributed by atoms with Crippen molar-refractivity contribution in [1.82, 2.24) is 10.9 Å². The number of hydrazine groups is 1. The molecule has 0 saturated carbocycles. The van der Waals surface area contributed by atoms with Crippen LogP contribution in [0.1, 0.15) is 36.5 Å². The number of hydrogen-bond donors (Lipinski definition) is 3. The molecule has 0 spiro atoms. The number of halogens is 1. The van der Waals surface area contributed by atoms with E-state index in [1.165, 1.54) is 5.56 Å². The van der Waals surface area contributed by atoms with Crippen molar-refractivity contribution in [3.05, 3.63) is 106 Å². The summed E-state index contributed by atoms with van der Waals surface area (Å²) in [5.41, 5.74) is 7.79. The molecule has 8 heteroatoms. The number of rotatable bonds is 13. The SMILES string of the molecule is C[C@@H]1OC(c2ccc(OCCCO)cc2)=N[C@]1(C/C=C/c1ccccc1)C(=O)NNCCc1ccc(Br)cc1. The van der Waals surface area contributed by atoms with Gasteiger partial charge >= 0.3 is 0 Å². The van der Waals surface area contributed by atoms with Crippen molar-refractivity contribution in [3.63, 3.8) is 0 Å². The number of hydrogen-bond acceptors (Lipinski definition) is 6. The Labute approximate surface area is 238 Å². The number of nitrogens with one attached hydrogen (secondary N) is 2. The van der Waals surface area contributed by atoms with Gasteiger partial charge in [-0.15, -0.1) is 0 Å². The van der Waals surface area contributed by atoms with Crippen LogP contribution >= 0.6 is 15.9 Å². The molecule has 0 aromatic heterocycles. The molecule has 1 heterocycles. The molecular formula is C31H34BrN3O4. The highest BCUT2D eigenvalue weighted by Crippen LogP contribution is 2.33. The van der Waals surface area contributed by atoms with Crippen molar-refractivity contribution < 1.29 is 19.4 Å². The monoisotopic (exact) mass is 591 g/mol. The van der Waals surface area contributed by atoms with Crippen molar-refractivity contribution in [1.29, 1.82) is 0 Å². The molecule has 4 rings (SSSR count). The number of aliphatic hydroxyl groups is 1. The number of carbonyl (C=O) groups is 1. The van der Waals surface area contributed by atoms with Crippen LogP contribution < -0.4 is 15.6 Å². The van der Waals surface area contributed by atoms with Crippen molar-refractivity contribution in [3.8, 4) is 5.75 Å². The lowest BCUT2D eigenvalue weighted by Crippen LogP contribution is -2.54.